The average Bonchev–Trinajstić information content (AvgIpc) is 3.13. The topological polar surface area (TPSA) is 126 Å². The normalized spacial score (nSPS) is 12.4. The smallest absolute Gasteiger partial charge is 0.307 e. The number of H-pyrrole nitrogens is 2. The molecule has 148 valence electrons. The first-order valence-electron chi connectivity index (χ1n) is 8.88. The van der Waals surface area contributed by atoms with Crippen molar-refractivity contribution >= 4 is 34.5 Å². The minimum Gasteiger partial charge on any atom is -0.307 e. The first-order valence-corrected chi connectivity index (χ1v) is 10.3. The molecule has 1 unspecified atom stereocenters. The summed E-state index contributed by atoms with van der Waals surface area (Å²) in [6.45, 7) is 3.89. The molecule has 0 aliphatic carbocycles. The molecule has 2 heterocycles. The number of nitrogens with zero attached hydrogens (tertiary/aromatic N) is 3. The Labute approximate surface area is 165 Å². The van der Waals surface area contributed by atoms with Gasteiger partial charge in [-0.25, -0.2) is 9.36 Å². The molecule has 9 nitrogen and oxygen atoms in total. The van der Waals surface area contributed by atoms with Gasteiger partial charge in [0.15, 0.2) is 0 Å². The zero-order chi connectivity index (χ0) is 20.3. The fraction of sp³-hybridized carbons (Fsp3) is 0.389. The number of carbonyl (C=O) groups is 1. The first-order chi connectivity index (χ1) is 13.4. The third-order valence-corrected chi connectivity index (χ3v) is 4.97. The molecule has 0 fully saturated rings. The monoisotopic (exact) mass is 402 g/mol. The number of amides is 1. The van der Waals surface area contributed by atoms with E-state index in [1.807, 2.05) is 20.1 Å². The van der Waals surface area contributed by atoms with E-state index in [1.165, 1.54) is 11.8 Å². The SMILES string of the molecule is CSCCC(C(=O)Nc1n[nH]c(C(C)C)n1)n1c(=O)[nH]c2ccccc2c1=O. The number of carbonyl (C=O) groups excluding carboxylic acids is 1. The minimum atomic E-state index is -0.977. The molecule has 1 atom stereocenters. The molecule has 1 amide bonds. The van der Waals surface area contributed by atoms with E-state index in [1.54, 1.807) is 24.3 Å². The second-order valence-corrected chi connectivity index (χ2v) is 7.62. The Bertz CT molecular complexity index is 1100. The van der Waals surface area contributed by atoms with Crippen molar-refractivity contribution in [1.82, 2.24) is 24.7 Å². The molecule has 0 saturated carbocycles. The highest BCUT2D eigenvalue weighted by Gasteiger charge is 2.25. The molecule has 0 radical (unpaired) electrons. The zero-order valence-corrected chi connectivity index (χ0v) is 16.7. The molecular weight excluding hydrogens is 380 g/mol. The van der Waals surface area contributed by atoms with Gasteiger partial charge in [-0.1, -0.05) is 26.0 Å². The molecule has 28 heavy (non-hydrogen) atoms. The predicted molar refractivity (Wildman–Crippen MR) is 110 cm³/mol. The Morgan fingerprint density at radius 2 is 2.04 bits per heavy atom. The van der Waals surface area contributed by atoms with Gasteiger partial charge >= 0.3 is 5.69 Å². The number of hydrogen-bond donors (Lipinski definition) is 3. The zero-order valence-electron chi connectivity index (χ0n) is 15.9. The number of para-hydroxylation sites is 1. The third-order valence-electron chi connectivity index (χ3n) is 4.33. The van der Waals surface area contributed by atoms with Gasteiger partial charge in [0.05, 0.1) is 10.9 Å². The molecule has 3 aromatic rings. The van der Waals surface area contributed by atoms with Gasteiger partial charge in [-0.2, -0.15) is 16.7 Å². The average molecular weight is 402 g/mol. The van der Waals surface area contributed by atoms with Crippen LogP contribution >= 0.6 is 11.8 Å². The maximum absolute atomic E-state index is 12.9. The van der Waals surface area contributed by atoms with Crippen molar-refractivity contribution in [1.29, 1.82) is 0 Å². The largest absolute Gasteiger partial charge is 0.329 e. The van der Waals surface area contributed by atoms with Crippen molar-refractivity contribution in [2.75, 3.05) is 17.3 Å². The second kappa shape index (κ2) is 8.42. The van der Waals surface area contributed by atoms with E-state index in [0.29, 0.717) is 28.9 Å². The standard InChI is InChI=1S/C18H22N6O3S/c1-10(2)14-20-17(23-22-14)21-15(25)13(8-9-28-3)24-16(26)11-6-4-5-7-12(11)19-18(24)27/h4-7,10,13H,8-9H2,1-3H3,(H,19,27)(H2,20,21,22,23,25). The number of nitrogens with one attached hydrogen (secondary N) is 3. The summed E-state index contributed by atoms with van der Waals surface area (Å²) < 4.78 is 0.976. The first kappa shape index (κ1) is 19.9. The third kappa shape index (κ3) is 4.01. The van der Waals surface area contributed by atoms with E-state index in [4.69, 9.17) is 0 Å². The summed E-state index contributed by atoms with van der Waals surface area (Å²) >= 11 is 1.53. The van der Waals surface area contributed by atoms with Gasteiger partial charge in [0.25, 0.3) is 5.56 Å². The maximum atomic E-state index is 12.9. The van der Waals surface area contributed by atoms with Gasteiger partial charge in [-0.15, -0.1) is 5.10 Å². The quantitative estimate of drug-likeness (QED) is 0.554. The summed E-state index contributed by atoms with van der Waals surface area (Å²) in [5, 5.41) is 9.71. The summed E-state index contributed by atoms with van der Waals surface area (Å²) in [7, 11) is 0. The van der Waals surface area contributed by atoms with Crippen molar-refractivity contribution in [2.24, 2.45) is 0 Å². The Kier molecular flexibility index (Phi) is 5.98. The number of rotatable bonds is 7. The Morgan fingerprint density at radius 3 is 2.71 bits per heavy atom. The highest BCUT2D eigenvalue weighted by molar-refractivity contribution is 7.98. The van der Waals surface area contributed by atoms with Crippen molar-refractivity contribution in [3.8, 4) is 0 Å². The van der Waals surface area contributed by atoms with Gasteiger partial charge in [-0.3, -0.25) is 20.0 Å². The van der Waals surface area contributed by atoms with Crippen LogP contribution in [0.2, 0.25) is 0 Å². The molecule has 0 bridgehead atoms. The fourth-order valence-electron chi connectivity index (χ4n) is 2.85. The predicted octanol–water partition coefficient (Wildman–Crippen LogP) is 1.86. The van der Waals surface area contributed by atoms with Gasteiger partial charge in [0.1, 0.15) is 11.9 Å². The lowest BCUT2D eigenvalue weighted by Crippen LogP contribution is -2.43. The molecule has 0 saturated heterocycles. The van der Waals surface area contributed by atoms with Crippen LogP contribution in [0.4, 0.5) is 5.95 Å². The molecule has 10 heteroatoms. The van der Waals surface area contributed by atoms with Crippen LogP contribution in [-0.2, 0) is 4.79 Å². The summed E-state index contributed by atoms with van der Waals surface area (Å²) in [4.78, 5) is 45.3. The molecule has 0 spiro atoms. The highest BCUT2D eigenvalue weighted by Crippen LogP contribution is 2.16. The summed E-state index contributed by atoms with van der Waals surface area (Å²) in [6.07, 6.45) is 2.21. The minimum absolute atomic E-state index is 0.119. The van der Waals surface area contributed by atoms with E-state index in [-0.39, 0.29) is 11.9 Å². The van der Waals surface area contributed by atoms with Crippen molar-refractivity contribution in [2.45, 2.75) is 32.2 Å². The second-order valence-electron chi connectivity index (χ2n) is 6.64. The van der Waals surface area contributed by atoms with Gasteiger partial charge in [0, 0.05) is 5.92 Å². The Morgan fingerprint density at radius 1 is 1.29 bits per heavy atom. The number of benzene rings is 1. The molecule has 2 aromatic heterocycles. The molecule has 0 aliphatic heterocycles. The Balaban J connectivity index is 2.00. The van der Waals surface area contributed by atoms with Crippen molar-refractivity contribution < 1.29 is 4.79 Å². The lowest BCUT2D eigenvalue weighted by Gasteiger charge is -2.17. The van der Waals surface area contributed by atoms with Crippen LogP contribution in [0.25, 0.3) is 10.9 Å². The summed E-state index contributed by atoms with van der Waals surface area (Å²) in [5.74, 6) is 0.967. The molecule has 1 aromatic carbocycles. The number of anilines is 1. The van der Waals surface area contributed by atoms with Gasteiger partial charge in [0.2, 0.25) is 11.9 Å². The van der Waals surface area contributed by atoms with Crippen LogP contribution in [0, 0.1) is 0 Å². The Hall–Kier alpha value is -2.88. The molecule has 3 rings (SSSR count). The lowest BCUT2D eigenvalue weighted by atomic mass is 10.2. The van der Waals surface area contributed by atoms with Crippen LogP contribution in [0.5, 0.6) is 0 Å². The molecular formula is C18H22N6O3S. The van der Waals surface area contributed by atoms with Crippen LogP contribution in [0.3, 0.4) is 0 Å². The highest BCUT2D eigenvalue weighted by atomic mass is 32.2. The number of hydrogen-bond acceptors (Lipinski definition) is 6. The number of fused-ring (bicyclic) bond motifs is 1. The lowest BCUT2D eigenvalue weighted by molar-refractivity contribution is -0.119. The molecule has 0 aliphatic rings. The van der Waals surface area contributed by atoms with E-state index in [0.717, 1.165) is 4.57 Å². The van der Waals surface area contributed by atoms with Crippen LogP contribution in [-0.4, -0.2) is 42.6 Å². The summed E-state index contributed by atoms with van der Waals surface area (Å²) in [6, 6.07) is 5.74. The number of aromatic nitrogens is 5. The van der Waals surface area contributed by atoms with Crippen LogP contribution in [0.1, 0.15) is 38.1 Å². The fourth-order valence-corrected chi connectivity index (χ4v) is 3.31. The van der Waals surface area contributed by atoms with Crippen LogP contribution < -0.4 is 16.6 Å². The van der Waals surface area contributed by atoms with Crippen molar-refractivity contribution in [3.05, 3.63) is 50.9 Å². The number of aromatic amines is 2. The summed E-state index contributed by atoms with van der Waals surface area (Å²) in [5.41, 5.74) is -0.686. The molecule has 3 N–H and O–H groups in total. The van der Waals surface area contributed by atoms with Crippen molar-refractivity contribution in [3.63, 3.8) is 0 Å². The number of thioether (sulfide) groups is 1. The van der Waals surface area contributed by atoms with Gasteiger partial charge in [-0.05, 0) is 30.6 Å². The maximum Gasteiger partial charge on any atom is 0.329 e. The van der Waals surface area contributed by atoms with E-state index in [9.17, 15) is 14.4 Å². The van der Waals surface area contributed by atoms with Gasteiger partial charge < -0.3 is 4.98 Å². The van der Waals surface area contributed by atoms with E-state index >= 15 is 0 Å². The van der Waals surface area contributed by atoms with E-state index < -0.39 is 23.2 Å². The van der Waals surface area contributed by atoms with E-state index in [2.05, 4.69) is 25.5 Å². The van der Waals surface area contributed by atoms with Crippen LogP contribution in [0.15, 0.2) is 33.9 Å².